The minimum absolute atomic E-state index is 0.120. The van der Waals surface area contributed by atoms with E-state index in [0.29, 0.717) is 9.59 Å². The van der Waals surface area contributed by atoms with Gasteiger partial charge in [-0.05, 0) is 43.3 Å². The lowest BCUT2D eigenvalue weighted by molar-refractivity contribution is -0.0601. The predicted octanol–water partition coefficient (Wildman–Crippen LogP) is 3.38. The van der Waals surface area contributed by atoms with Crippen molar-refractivity contribution in [2.24, 2.45) is 0 Å². The van der Waals surface area contributed by atoms with Crippen LogP contribution in [0.1, 0.15) is 32.5 Å². The summed E-state index contributed by atoms with van der Waals surface area (Å²) >= 11 is 12.0. The van der Waals surface area contributed by atoms with E-state index in [4.69, 9.17) is 37.4 Å². The first-order valence-electron chi connectivity index (χ1n) is 10.6. The largest absolute Gasteiger partial charge is 0.459 e. The summed E-state index contributed by atoms with van der Waals surface area (Å²) in [5.74, 6) is -1.68. The van der Waals surface area contributed by atoms with Gasteiger partial charge in [0.2, 0.25) is 0 Å². The van der Waals surface area contributed by atoms with Crippen molar-refractivity contribution in [1.29, 1.82) is 0 Å². The molecule has 9 nitrogen and oxygen atoms in total. The standard InChI is InChI=1S/C24H19Cl2FN2O7/c1-13-2-4-15(5-3-13)21(32)36-19-17(12-34-20(31)14-6-8-16(25)9-7-14)35-22(24(19,26)27)29-11-10-18(30)28-23(29)33/h2-11,17,19,22H,12H2,1H3,(H,28,30,33)/t17-,19-,22-,24-/m1/s1. The summed E-state index contributed by atoms with van der Waals surface area (Å²) in [6, 6.07) is 13.1. The van der Waals surface area contributed by atoms with Crippen molar-refractivity contribution in [1.82, 2.24) is 9.55 Å². The molecule has 1 aliphatic heterocycles. The summed E-state index contributed by atoms with van der Waals surface area (Å²) in [4.78, 5) is 50.9. The van der Waals surface area contributed by atoms with Crippen LogP contribution in [0.4, 0.5) is 4.39 Å². The number of alkyl halides is 2. The molecule has 0 saturated carbocycles. The molecule has 0 bridgehead atoms. The van der Waals surface area contributed by atoms with E-state index in [-0.39, 0.29) is 11.1 Å². The number of aromatic nitrogens is 2. The second-order valence-corrected chi connectivity index (χ2v) is 9.03. The van der Waals surface area contributed by atoms with Crippen molar-refractivity contribution in [2.45, 2.75) is 30.5 Å². The van der Waals surface area contributed by atoms with Gasteiger partial charge in [-0.15, -0.1) is 0 Å². The van der Waals surface area contributed by atoms with Crippen LogP contribution in [0.25, 0.3) is 0 Å². The first kappa shape index (κ1) is 25.6. The van der Waals surface area contributed by atoms with Crippen LogP contribution in [0.2, 0.25) is 5.02 Å². The van der Waals surface area contributed by atoms with E-state index in [2.05, 4.69) is 0 Å². The normalized spacial score (nSPS) is 23.3. The minimum atomic E-state index is -2.97. The molecule has 1 saturated heterocycles. The van der Waals surface area contributed by atoms with E-state index in [1.807, 2.05) is 11.9 Å². The van der Waals surface area contributed by atoms with Crippen molar-refractivity contribution in [3.8, 4) is 0 Å². The number of halogens is 3. The van der Waals surface area contributed by atoms with Crippen molar-refractivity contribution < 1.29 is 28.2 Å². The molecule has 1 aliphatic rings. The van der Waals surface area contributed by atoms with Gasteiger partial charge in [-0.3, -0.25) is 14.3 Å². The minimum Gasteiger partial charge on any atom is -0.459 e. The molecule has 12 heteroatoms. The first-order chi connectivity index (χ1) is 17.1. The third-order valence-corrected chi connectivity index (χ3v) is 6.09. The van der Waals surface area contributed by atoms with Crippen LogP contribution in [0, 0.1) is 6.92 Å². The van der Waals surface area contributed by atoms with Gasteiger partial charge < -0.3 is 14.2 Å². The topological polar surface area (TPSA) is 117 Å². The summed E-state index contributed by atoms with van der Waals surface area (Å²) < 4.78 is 32.9. The van der Waals surface area contributed by atoms with Crippen molar-refractivity contribution in [2.75, 3.05) is 6.61 Å². The Balaban J connectivity index is 1.61. The number of esters is 2. The Morgan fingerprint density at radius 1 is 1.06 bits per heavy atom. The monoisotopic (exact) mass is 536 g/mol. The van der Waals surface area contributed by atoms with Gasteiger partial charge >= 0.3 is 17.6 Å². The number of carbonyl (C=O) groups excluding carboxylic acids is 2. The van der Waals surface area contributed by atoms with E-state index in [1.54, 1.807) is 12.1 Å². The lowest BCUT2D eigenvalue weighted by Gasteiger charge is -2.25. The summed E-state index contributed by atoms with van der Waals surface area (Å²) in [5.41, 5.74) is -0.551. The molecule has 0 amide bonds. The second-order valence-electron chi connectivity index (χ2n) is 8.02. The number of aromatic amines is 1. The van der Waals surface area contributed by atoms with Crippen LogP contribution in [0.5, 0.6) is 0 Å². The fraction of sp³-hybridized carbons (Fsp3) is 0.250. The van der Waals surface area contributed by atoms with Crippen molar-refractivity contribution in [3.05, 3.63) is 103 Å². The summed E-state index contributed by atoms with van der Waals surface area (Å²) in [7, 11) is 0. The zero-order chi connectivity index (χ0) is 26.0. The average molecular weight is 537 g/mol. The zero-order valence-electron chi connectivity index (χ0n) is 18.7. The lowest BCUT2D eigenvalue weighted by Crippen LogP contribution is -2.44. The molecule has 2 aromatic carbocycles. The van der Waals surface area contributed by atoms with E-state index < -0.39 is 53.4 Å². The molecule has 0 radical (unpaired) electrons. The van der Waals surface area contributed by atoms with Gasteiger partial charge in [0.1, 0.15) is 12.7 Å². The summed E-state index contributed by atoms with van der Waals surface area (Å²) in [5, 5.41) is -2.56. The van der Waals surface area contributed by atoms with E-state index in [1.165, 1.54) is 36.4 Å². The number of hydrogen-bond donors (Lipinski definition) is 1. The van der Waals surface area contributed by atoms with Gasteiger partial charge in [0, 0.05) is 17.3 Å². The number of nitrogens with one attached hydrogen (secondary N) is 1. The van der Waals surface area contributed by atoms with Crippen molar-refractivity contribution in [3.63, 3.8) is 0 Å². The molecule has 1 fully saturated rings. The number of nitrogens with zero attached hydrogens (tertiary/aromatic N) is 1. The molecule has 3 aromatic rings. The quantitative estimate of drug-likeness (QED) is 0.379. The van der Waals surface area contributed by atoms with Gasteiger partial charge in [0.05, 0.1) is 11.1 Å². The van der Waals surface area contributed by atoms with Gasteiger partial charge in [-0.25, -0.2) is 18.8 Å². The molecule has 2 heterocycles. The highest BCUT2D eigenvalue weighted by Crippen LogP contribution is 2.46. The number of hydrogen-bond acceptors (Lipinski definition) is 7. The maximum atomic E-state index is 15.9. The van der Waals surface area contributed by atoms with Gasteiger partial charge in [-0.1, -0.05) is 40.9 Å². The van der Waals surface area contributed by atoms with Gasteiger partial charge in [0.25, 0.3) is 10.7 Å². The smallest absolute Gasteiger partial charge is 0.338 e. The van der Waals surface area contributed by atoms with Crippen LogP contribution in [-0.4, -0.2) is 45.4 Å². The molecule has 4 rings (SSSR count). The number of ether oxygens (including phenoxy) is 3. The van der Waals surface area contributed by atoms with E-state index >= 15 is 4.39 Å². The number of rotatable bonds is 6. The molecule has 0 spiro atoms. The van der Waals surface area contributed by atoms with Crippen LogP contribution in [0.3, 0.4) is 0 Å². The molecule has 1 N–H and O–H groups in total. The van der Waals surface area contributed by atoms with E-state index in [9.17, 15) is 19.2 Å². The highest BCUT2D eigenvalue weighted by molar-refractivity contribution is 6.30. The fourth-order valence-corrected chi connectivity index (χ4v) is 4.03. The molecule has 1 aromatic heterocycles. The Hall–Kier alpha value is -3.47. The number of benzene rings is 2. The number of H-pyrrole nitrogens is 1. The molecular weight excluding hydrogens is 518 g/mol. The van der Waals surface area contributed by atoms with Gasteiger partial charge in [-0.2, -0.15) is 0 Å². The SMILES string of the molecule is Cc1ccc(C(=O)O[C@@H]2[C@@H](COC(=O)c3ccc(Cl)cc3)O[C@@H](n3ccc(=O)[nH]c3=O)[C@@]2(F)Cl)cc1. The Morgan fingerprint density at radius 2 is 1.67 bits per heavy atom. The molecule has 0 aliphatic carbocycles. The molecule has 36 heavy (non-hydrogen) atoms. The average Bonchev–Trinajstić information content (AvgIpc) is 3.08. The highest BCUT2D eigenvalue weighted by Gasteiger charge is 2.61. The van der Waals surface area contributed by atoms with Crippen LogP contribution < -0.4 is 11.2 Å². The zero-order valence-corrected chi connectivity index (χ0v) is 20.2. The number of aryl methyl sites for hydroxylation is 1. The van der Waals surface area contributed by atoms with E-state index in [0.717, 1.165) is 17.8 Å². The maximum absolute atomic E-state index is 15.9. The van der Waals surface area contributed by atoms with Crippen LogP contribution in [0.15, 0.2) is 70.4 Å². The molecule has 4 atom stereocenters. The Morgan fingerprint density at radius 3 is 2.31 bits per heavy atom. The van der Waals surface area contributed by atoms with Crippen molar-refractivity contribution >= 4 is 35.1 Å². The van der Waals surface area contributed by atoms with Gasteiger partial charge in [0.15, 0.2) is 12.3 Å². The Bertz CT molecular complexity index is 1390. The third kappa shape index (κ3) is 5.35. The Kier molecular flexibility index (Phi) is 7.30. The lowest BCUT2D eigenvalue weighted by atomic mass is 10.1. The van der Waals surface area contributed by atoms with Crippen LogP contribution >= 0.6 is 23.2 Å². The predicted molar refractivity (Wildman–Crippen MR) is 127 cm³/mol. The summed E-state index contributed by atoms with van der Waals surface area (Å²) in [6.45, 7) is 1.25. The molecular formula is C24H19Cl2FN2O7. The third-order valence-electron chi connectivity index (χ3n) is 5.43. The van der Waals surface area contributed by atoms with Crippen LogP contribution in [-0.2, 0) is 14.2 Å². The first-order valence-corrected chi connectivity index (χ1v) is 11.4. The fourth-order valence-electron chi connectivity index (χ4n) is 3.56. The number of carbonyl (C=O) groups is 2. The second kappa shape index (κ2) is 10.3. The molecule has 188 valence electrons. The highest BCUT2D eigenvalue weighted by atomic mass is 35.5. The summed E-state index contributed by atoms with van der Waals surface area (Å²) in [6.07, 6.45) is -4.03. The maximum Gasteiger partial charge on any atom is 0.338 e. The molecule has 0 unspecified atom stereocenters. The Labute approximate surface area is 213 Å².